The van der Waals surface area contributed by atoms with E-state index in [2.05, 4.69) is 26.0 Å². The first kappa shape index (κ1) is 16.5. The number of halogens is 1. The van der Waals surface area contributed by atoms with Crippen LogP contribution in [0.15, 0.2) is 22.7 Å². The third-order valence-electron chi connectivity index (χ3n) is 2.62. The Bertz CT molecular complexity index is 493. The Morgan fingerprint density at radius 3 is 2.65 bits per heavy atom. The van der Waals surface area contributed by atoms with E-state index in [1.165, 1.54) is 7.11 Å². The predicted molar refractivity (Wildman–Crippen MR) is 76.7 cm³/mol. The summed E-state index contributed by atoms with van der Waals surface area (Å²) in [4.78, 5) is 23.4. The molecule has 1 aromatic carbocycles. The fourth-order valence-electron chi connectivity index (χ4n) is 1.76. The number of carbonyl (C=O) groups excluding carboxylic acids is 2. The second-order valence-corrected chi connectivity index (χ2v) is 5.22. The van der Waals surface area contributed by atoms with Gasteiger partial charge in [0.2, 0.25) is 0 Å². The van der Waals surface area contributed by atoms with E-state index >= 15 is 0 Å². The van der Waals surface area contributed by atoms with Crippen molar-refractivity contribution in [1.82, 2.24) is 5.32 Å². The van der Waals surface area contributed by atoms with Crippen LogP contribution in [0, 0.1) is 0 Å². The van der Waals surface area contributed by atoms with Gasteiger partial charge in [0.15, 0.2) is 6.54 Å². The number of rotatable bonds is 5. The minimum atomic E-state index is -0.747. The molecule has 0 saturated heterocycles. The zero-order valence-electron chi connectivity index (χ0n) is 11.7. The first-order valence-electron chi connectivity index (χ1n) is 5.97. The second-order valence-electron chi connectivity index (χ2n) is 4.31. The Hall–Kier alpha value is -1.60. The maximum Gasteiger partial charge on any atom is 0.413 e. The molecule has 1 unspecified atom stereocenters. The van der Waals surface area contributed by atoms with Crippen molar-refractivity contribution in [3.63, 3.8) is 0 Å². The number of hydrogen-bond donors (Lipinski definition) is 2. The van der Waals surface area contributed by atoms with Gasteiger partial charge in [-0.1, -0.05) is 15.9 Å². The molecule has 0 fully saturated rings. The average Bonchev–Trinajstić information content (AvgIpc) is 2.38. The van der Waals surface area contributed by atoms with Crippen molar-refractivity contribution in [2.45, 2.75) is 6.54 Å². The van der Waals surface area contributed by atoms with Crippen molar-refractivity contribution in [3.8, 4) is 5.75 Å². The largest absolute Gasteiger partial charge is 0.496 e. The van der Waals surface area contributed by atoms with Gasteiger partial charge in [0.1, 0.15) is 12.3 Å². The van der Waals surface area contributed by atoms with Crippen LogP contribution in [0.2, 0.25) is 0 Å². The normalized spacial score (nSPS) is 11.6. The molecule has 0 bridgehead atoms. The molecule has 0 spiro atoms. The molecule has 0 radical (unpaired) electrons. The molecule has 1 rings (SSSR count). The number of ether oxygens (including phenoxy) is 2. The molecule has 2 amide bonds. The predicted octanol–water partition coefficient (Wildman–Crippen LogP) is 0.355. The first-order valence-corrected chi connectivity index (χ1v) is 6.77. The molecule has 0 aliphatic rings. The Kier molecular flexibility index (Phi) is 6.47. The highest BCUT2D eigenvalue weighted by atomic mass is 79.9. The van der Waals surface area contributed by atoms with Crippen LogP contribution in [-0.2, 0) is 16.1 Å². The molecular formula is C13H18BrN2O4+. The monoisotopic (exact) mass is 345 g/mol. The van der Waals surface area contributed by atoms with E-state index in [0.717, 1.165) is 20.7 Å². The molecule has 0 aromatic heterocycles. The van der Waals surface area contributed by atoms with Gasteiger partial charge in [-0.3, -0.25) is 10.1 Å². The topological polar surface area (TPSA) is 69.1 Å². The molecule has 2 N–H and O–H groups in total. The van der Waals surface area contributed by atoms with Crippen LogP contribution in [0.1, 0.15) is 5.56 Å². The second kappa shape index (κ2) is 7.86. The smallest absolute Gasteiger partial charge is 0.413 e. The van der Waals surface area contributed by atoms with Gasteiger partial charge in [-0.25, -0.2) is 4.79 Å². The number of amides is 2. The van der Waals surface area contributed by atoms with E-state index < -0.39 is 6.09 Å². The van der Waals surface area contributed by atoms with Crippen LogP contribution in [-0.4, -0.2) is 39.8 Å². The van der Waals surface area contributed by atoms with Crippen LogP contribution < -0.4 is 15.0 Å². The van der Waals surface area contributed by atoms with Crippen LogP contribution in [0.4, 0.5) is 4.79 Å². The number of quaternary nitrogens is 1. The highest BCUT2D eigenvalue weighted by Gasteiger charge is 2.15. The molecule has 1 aromatic rings. The maximum absolute atomic E-state index is 11.6. The lowest BCUT2D eigenvalue weighted by molar-refractivity contribution is -0.885. The summed E-state index contributed by atoms with van der Waals surface area (Å²) in [7, 11) is 4.68. The lowest BCUT2D eigenvalue weighted by atomic mass is 10.2. The van der Waals surface area contributed by atoms with Crippen LogP contribution in [0.3, 0.4) is 0 Å². The highest BCUT2D eigenvalue weighted by Crippen LogP contribution is 2.21. The Morgan fingerprint density at radius 1 is 1.35 bits per heavy atom. The molecule has 110 valence electrons. The van der Waals surface area contributed by atoms with E-state index in [9.17, 15) is 9.59 Å². The highest BCUT2D eigenvalue weighted by molar-refractivity contribution is 9.10. The summed E-state index contributed by atoms with van der Waals surface area (Å²) in [5.74, 6) is 0.379. The van der Waals surface area contributed by atoms with Gasteiger partial charge in [-0.05, 0) is 18.2 Å². The van der Waals surface area contributed by atoms with Crippen LogP contribution in [0.25, 0.3) is 0 Å². The number of carbonyl (C=O) groups is 2. The summed E-state index contributed by atoms with van der Waals surface area (Å²) in [5, 5.41) is 2.12. The van der Waals surface area contributed by atoms with Crippen molar-refractivity contribution >= 4 is 27.9 Å². The molecule has 20 heavy (non-hydrogen) atoms. The minimum absolute atomic E-state index is 0.158. The average molecular weight is 346 g/mol. The molecular weight excluding hydrogens is 328 g/mol. The summed E-state index contributed by atoms with van der Waals surface area (Å²) in [6, 6.07) is 5.70. The van der Waals surface area contributed by atoms with E-state index in [1.807, 2.05) is 25.2 Å². The van der Waals surface area contributed by atoms with Gasteiger partial charge in [0.05, 0.1) is 21.3 Å². The number of benzene rings is 1. The van der Waals surface area contributed by atoms with E-state index in [0.29, 0.717) is 6.54 Å². The number of nitrogens with one attached hydrogen (secondary N) is 2. The molecule has 0 aliphatic heterocycles. The molecule has 6 nitrogen and oxygen atoms in total. The Morgan fingerprint density at radius 2 is 2.05 bits per heavy atom. The van der Waals surface area contributed by atoms with Crippen molar-refractivity contribution in [2.75, 3.05) is 27.8 Å². The van der Waals surface area contributed by atoms with Gasteiger partial charge in [-0.15, -0.1) is 0 Å². The summed E-state index contributed by atoms with van der Waals surface area (Å²) < 4.78 is 10.6. The first-order chi connectivity index (χ1) is 9.46. The van der Waals surface area contributed by atoms with Crippen molar-refractivity contribution < 1.29 is 24.0 Å². The minimum Gasteiger partial charge on any atom is -0.496 e. The molecule has 1 atom stereocenters. The lowest BCUT2D eigenvalue weighted by Crippen LogP contribution is -3.09. The van der Waals surface area contributed by atoms with E-state index in [1.54, 1.807) is 7.11 Å². The Labute approximate surface area is 126 Å². The number of imide groups is 1. The molecule has 7 heteroatoms. The maximum atomic E-state index is 11.6. The number of hydrogen-bond acceptors (Lipinski definition) is 4. The number of alkyl carbamates (subject to hydrolysis) is 1. The van der Waals surface area contributed by atoms with E-state index in [4.69, 9.17) is 4.74 Å². The summed E-state index contributed by atoms with van der Waals surface area (Å²) in [5.41, 5.74) is 0.977. The fourth-order valence-corrected chi connectivity index (χ4v) is 2.16. The third kappa shape index (κ3) is 5.18. The zero-order valence-corrected chi connectivity index (χ0v) is 13.2. The summed E-state index contributed by atoms with van der Waals surface area (Å²) in [6.45, 7) is 0.752. The molecule has 0 aliphatic carbocycles. The molecule has 0 saturated carbocycles. The van der Waals surface area contributed by atoms with Gasteiger partial charge < -0.3 is 14.4 Å². The van der Waals surface area contributed by atoms with Gasteiger partial charge in [0, 0.05) is 10.0 Å². The SMILES string of the molecule is COC(=O)NC(=O)C[NH+](C)Cc1cc(Br)ccc1OC. The number of likely N-dealkylation sites (N-methyl/N-ethyl adjacent to an activating group) is 1. The summed E-state index contributed by atoms with van der Waals surface area (Å²) >= 11 is 3.40. The van der Waals surface area contributed by atoms with Gasteiger partial charge in [0.25, 0.3) is 5.91 Å². The zero-order chi connectivity index (χ0) is 15.1. The van der Waals surface area contributed by atoms with Crippen molar-refractivity contribution in [2.24, 2.45) is 0 Å². The van der Waals surface area contributed by atoms with Gasteiger partial charge >= 0.3 is 6.09 Å². The Balaban J connectivity index is 2.62. The fraction of sp³-hybridized carbons (Fsp3) is 0.385. The number of methoxy groups -OCH3 is 2. The standard InChI is InChI=1S/C13H17BrN2O4/c1-16(8-12(17)15-13(18)20-3)7-9-6-10(14)4-5-11(9)19-2/h4-6H,7-8H2,1-3H3,(H,15,17,18)/p+1. The third-order valence-corrected chi connectivity index (χ3v) is 3.12. The molecule has 0 heterocycles. The van der Waals surface area contributed by atoms with Crippen LogP contribution in [0.5, 0.6) is 5.75 Å². The quantitative estimate of drug-likeness (QED) is 0.808. The van der Waals surface area contributed by atoms with Crippen molar-refractivity contribution in [1.29, 1.82) is 0 Å². The lowest BCUT2D eigenvalue weighted by Gasteiger charge is -2.15. The van der Waals surface area contributed by atoms with Crippen LogP contribution >= 0.6 is 15.9 Å². The van der Waals surface area contributed by atoms with Crippen molar-refractivity contribution in [3.05, 3.63) is 28.2 Å². The summed E-state index contributed by atoms with van der Waals surface area (Å²) in [6.07, 6.45) is -0.747. The van der Waals surface area contributed by atoms with E-state index in [-0.39, 0.29) is 12.5 Å². The van der Waals surface area contributed by atoms with Gasteiger partial charge in [-0.2, -0.15) is 0 Å².